The molecule has 1 amide bonds. The molecule has 1 N–H and O–H groups in total. The van der Waals surface area contributed by atoms with Crippen molar-refractivity contribution in [1.82, 2.24) is 14.9 Å². The molecule has 1 fully saturated rings. The standard InChI is InChI=1S/C30H33N3O3.ClH/c1-35-23-17-18-24(28(20-23)36-2)29-32-25-15-9-10-16-26(25)33(29)27(19-21-11-5-3-6-12-21)30(34)31-22-13-7-4-8-14-22;/h3,5-6,9-12,15-18,20,22,27H,4,7-8,13-14,19H2,1-2H3,(H,31,34);1H. The molecule has 0 bridgehead atoms. The van der Waals surface area contributed by atoms with Gasteiger partial charge in [-0.05, 0) is 42.7 Å². The molecule has 37 heavy (non-hydrogen) atoms. The number of hydrogen-bond acceptors (Lipinski definition) is 4. The molecule has 3 aromatic carbocycles. The first-order valence-corrected chi connectivity index (χ1v) is 12.7. The average Bonchev–Trinajstić information content (AvgIpc) is 3.31. The highest BCUT2D eigenvalue weighted by Gasteiger charge is 2.29. The third kappa shape index (κ3) is 5.75. The second kappa shape index (κ2) is 12.2. The van der Waals surface area contributed by atoms with E-state index >= 15 is 0 Å². The van der Waals surface area contributed by atoms with E-state index in [1.807, 2.05) is 60.7 Å². The Balaban J connectivity index is 0.00000200. The Bertz CT molecular complexity index is 1340. The van der Waals surface area contributed by atoms with Crippen molar-refractivity contribution >= 4 is 16.9 Å². The summed E-state index contributed by atoms with van der Waals surface area (Å²) in [6, 6.07) is 23.6. The fourth-order valence-corrected chi connectivity index (χ4v) is 5.22. The van der Waals surface area contributed by atoms with E-state index in [4.69, 9.17) is 14.5 Å². The van der Waals surface area contributed by atoms with E-state index in [0.29, 0.717) is 23.7 Å². The van der Waals surface area contributed by atoms with Crippen molar-refractivity contribution < 1.29 is 28.1 Å². The van der Waals surface area contributed by atoms with Crippen LogP contribution in [0.15, 0.2) is 72.8 Å². The second-order valence-corrected chi connectivity index (χ2v) is 9.41. The number of nitrogens with one attached hydrogen (secondary N) is 1. The van der Waals surface area contributed by atoms with Crippen LogP contribution in [0.4, 0.5) is 0 Å². The van der Waals surface area contributed by atoms with Gasteiger partial charge in [-0.25, -0.2) is 4.98 Å². The van der Waals surface area contributed by atoms with Crippen molar-refractivity contribution in [3.05, 3.63) is 78.4 Å². The number of imidazole rings is 1. The number of hydrogen-bond donors (Lipinski definition) is 1. The zero-order chi connectivity index (χ0) is 24.9. The molecule has 0 spiro atoms. The summed E-state index contributed by atoms with van der Waals surface area (Å²) >= 11 is 0. The smallest absolute Gasteiger partial charge is 1.00 e. The Morgan fingerprint density at radius 1 is 1.00 bits per heavy atom. The minimum atomic E-state index is -0.469. The molecule has 1 aliphatic carbocycles. The highest BCUT2D eigenvalue weighted by molar-refractivity contribution is 5.88. The first kappa shape index (κ1) is 26.6. The van der Waals surface area contributed by atoms with Gasteiger partial charge in [0.15, 0.2) is 0 Å². The minimum Gasteiger partial charge on any atom is -1.00 e. The van der Waals surface area contributed by atoms with E-state index in [-0.39, 0.29) is 25.8 Å². The van der Waals surface area contributed by atoms with Crippen LogP contribution in [0.2, 0.25) is 0 Å². The van der Waals surface area contributed by atoms with Crippen LogP contribution in [0.25, 0.3) is 22.4 Å². The molecule has 1 atom stereocenters. The predicted molar refractivity (Wildman–Crippen MR) is 144 cm³/mol. The number of rotatable bonds is 8. The number of para-hydroxylation sites is 2. The summed E-state index contributed by atoms with van der Waals surface area (Å²) in [6.07, 6.45) is 6.20. The van der Waals surface area contributed by atoms with Crippen molar-refractivity contribution in [2.45, 2.75) is 50.6 Å². The van der Waals surface area contributed by atoms with E-state index in [2.05, 4.69) is 22.0 Å². The number of aromatic nitrogens is 2. The van der Waals surface area contributed by atoms with Crippen molar-refractivity contribution in [2.75, 3.05) is 14.2 Å². The van der Waals surface area contributed by atoms with Gasteiger partial charge < -0.3 is 31.8 Å². The van der Waals surface area contributed by atoms with Crippen molar-refractivity contribution in [2.24, 2.45) is 0 Å². The maximum atomic E-state index is 14.0. The summed E-state index contributed by atoms with van der Waals surface area (Å²) in [7, 11) is 3.28. The molecule has 0 saturated heterocycles. The first-order chi connectivity index (χ1) is 17.7. The van der Waals surface area contributed by atoms with Crippen LogP contribution < -0.4 is 27.2 Å². The van der Waals surface area contributed by atoms with Gasteiger partial charge in [0.25, 0.3) is 0 Å². The quantitative estimate of drug-likeness (QED) is 0.388. The van der Waals surface area contributed by atoms with Crippen LogP contribution in [-0.2, 0) is 11.2 Å². The normalized spacial score (nSPS) is 14.5. The Morgan fingerprint density at radius 3 is 2.46 bits per heavy atom. The number of carbonyl (C=O) groups excluding carboxylic acids is 1. The van der Waals surface area contributed by atoms with Gasteiger partial charge in [0.2, 0.25) is 5.91 Å². The summed E-state index contributed by atoms with van der Waals surface area (Å²) in [5.41, 5.74) is 3.68. The molecule has 1 saturated carbocycles. The molecule has 1 unspecified atom stereocenters. The van der Waals surface area contributed by atoms with Crippen LogP contribution in [0.3, 0.4) is 0 Å². The van der Waals surface area contributed by atoms with Gasteiger partial charge in [-0.3, -0.25) is 4.79 Å². The Morgan fingerprint density at radius 2 is 1.73 bits per heavy atom. The first-order valence-electron chi connectivity index (χ1n) is 12.7. The summed E-state index contributed by atoms with van der Waals surface area (Å²) in [6.45, 7) is 0. The molecular weight excluding hydrogens is 486 g/mol. The lowest BCUT2D eigenvalue weighted by molar-refractivity contribution is -0.125. The van der Waals surface area contributed by atoms with E-state index in [1.165, 1.54) is 6.42 Å². The maximum absolute atomic E-state index is 14.0. The highest BCUT2D eigenvalue weighted by atomic mass is 35.5. The Kier molecular flexibility index (Phi) is 8.72. The van der Waals surface area contributed by atoms with E-state index < -0.39 is 6.04 Å². The van der Waals surface area contributed by atoms with Crippen molar-refractivity contribution in [3.8, 4) is 22.9 Å². The maximum Gasteiger partial charge on any atom is 1.00 e. The molecule has 6 nitrogen and oxygen atoms in total. The van der Waals surface area contributed by atoms with Crippen LogP contribution in [0, 0.1) is 0 Å². The van der Waals surface area contributed by atoms with Crippen LogP contribution in [0.5, 0.6) is 11.5 Å². The monoisotopic (exact) mass is 519 g/mol. The molecule has 5 rings (SSSR count). The molecular formula is C30H34ClN3O3. The second-order valence-electron chi connectivity index (χ2n) is 9.41. The van der Waals surface area contributed by atoms with Crippen LogP contribution >= 0.6 is 0 Å². The van der Waals surface area contributed by atoms with Gasteiger partial charge in [-0.1, -0.05) is 61.7 Å². The predicted octanol–water partition coefficient (Wildman–Crippen LogP) is 3.07. The zero-order valence-corrected chi connectivity index (χ0v) is 22.1. The fraction of sp³-hybridized carbons (Fsp3) is 0.333. The van der Waals surface area contributed by atoms with Gasteiger partial charge in [0.1, 0.15) is 23.4 Å². The molecule has 194 valence electrons. The SMILES string of the molecule is COc1ccc(-c2nc3ccccc3n2C(Cc2ccccc2)C(=O)NC2CCCCC2)c(OC)c1.[Cl-].[H+]. The summed E-state index contributed by atoms with van der Waals surface area (Å²) in [4.78, 5) is 19.0. The largest absolute Gasteiger partial charge is 1.00 e. The fourth-order valence-electron chi connectivity index (χ4n) is 5.22. The number of amides is 1. The number of carbonyl (C=O) groups is 1. The lowest BCUT2D eigenvalue weighted by Gasteiger charge is -2.27. The number of halogens is 1. The molecule has 1 aromatic heterocycles. The minimum absolute atomic E-state index is 0. The number of benzene rings is 3. The number of fused-ring (bicyclic) bond motifs is 1. The molecule has 4 aromatic rings. The Hall–Kier alpha value is -3.51. The van der Waals surface area contributed by atoms with Crippen molar-refractivity contribution in [1.29, 1.82) is 0 Å². The lowest BCUT2D eigenvalue weighted by Crippen LogP contribution is -3.00. The summed E-state index contributed by atoms with van der Waals surface area (Å²) in [5.74, 6) is 2.09. The van der Waals surface area contributed by atoms with Gasteiger partial charge in [0.05, 0.1) is 30.8 Å². The average molecular weight is 520 g/mol. The lowest BCUT2D eigenvalue weighted by atomic mass is 9.95. The summed E-state index contributed by atoms with van der Waals surface area (Å²) in [5, 5.41) is 3.38. The van der Waals surface area contributed by atoms with Gasteiger partial charge >= 0.3 is 1.43 Å². The number of methoxy groups -OCH3 is 2. The topological polar surface area (TPSA) is 65.4 Å². The third-order valence-electron chi connectivity index (χ3n) is 7.08. The number of ether oxygens (including phenoxy) is 2. The number of nitrogens with zero attached hydrogens (tertiary/aromatic N) is 2. The molecule has 7 heteroatoms. The van der Waals surface area contributed by atoms with Gasteiger partial charge in [-0.2, -0.15) is 0 Å². The molecule has 1 heterocycles. The van der Waals surface area contributed by atoms with Gasteiger partial charge in [0, 0.05) is 18.5 Å². The van der Waals surface area contributed by atoms with E-state index in [9.17, 15) is 4.79 Å². The molecule has 1 aliphatic rings. The zero-order valence-electron chi connectivity index (χ0n) is 22.3. The highest BCUT2D eigenvalue weighted by Crippen LogP contribution is 2.37. The van der Waals surface area contributed by atoms with E-state index in [0.717, 1.165) is 47.8 Å². The van der Waals surface area contributed by atoms with Crippen LogP contribution in [0.1, 0.15) is 45.1 Å². The molecule has 0 radical (unpaired) electrons. The van der Waals surface area contributed by atoms with E-state index in [1.54, 1.807) is 14.2 Å². The third-order valence-corrected chi connectivity index (χ3v) is 7.08. The molecule has 0 aliphatic heterocycles. The Labute approximate surface area is 225 Å². The van der Waals surface area contributed by atoms with Crippen molar-refractivity contribution in [3.63, 3.8) is 0 Å². The van der Waals surface area contributed by atoms with Gasteiger partial charge in [-0.15, -0.1) is 0 Å². The summed E-state index contributed by atoms with van der Waals surface area (Å²) < 4.78 is 13.2. The van der Waals surface area contributed by atoms with Crippen LogP contribution in [-0.4, -0.2) is 35.7 Å².